The molecule has 0 saturated carbocycles. The highest BCUT2D eigenvalue weighted by Gasteiger charge is 2.07. The first kappa shape index (κ1) is 10.7. The van der Waals surface area contributed by atoms with Crippen LogP contribution in [0.25, 0.3) is 0 Å². The maximum atomic E-state index is 10.5. The lowest BCUT2D eigenvalue weighted by atomic mass is 10.1. The van der Waals surface area contributed by atoms with Crippen molar-refractivity contribution in [2.24, 2.45) is 4.99 Å². The number of rotatable bonds is 3. The van der Waals surface area contributed by atoms with Gasteiger partial charge in [-0.25, -0.2) is 0 Å². The van der Waals surface area contributed by atoms with Crippen LogP contribution in [0.2, 0.25) is 0 Å². The Morgan fingerprint density at radius 3 is 2.69 bits per heavy atom. The number of amidine groups is 1. The summed E-state index contributed by atoms with van der Waals surface area (Å²) in [4.78, 5) is 14.9. The van der Waals surface area contributed by atoms with Gasteiger partial charge in [-0.3, -0.25) is 9.79 Å². The van der Waals surface area contributed by atoms with E-state index in [0.29, 0.717) is 0 Å². The molecule has 1 aromatic rings. The van der Waals surface area contributed by atoms with Crippen LogP contribution in [-0.2, 0) is 11.2 Å². The quantitative estimate of drug-likeness (QED) is 0.797. The van der Waals surface area contributed by atoms with Crippen LogP contribution in [0.15, 0.2) is 29.3 Å². The lowest BCUT2D eigenvalue weighted by molar-refractivity contribution is -0.136. The second-order valence-electron chi connectivity index (χ2n) is 3.78. The zero-order valence-corrected chi connectivity index (χ0v) is 8.94. The van der Waals surface area contributed by atoms with Gasteiger partial charge in [0.25, 0.3) is 0 Å². The summed E-state index contributed by atoms with van der Waals surface area (Å²) in [7, 11) is 0. The largest absolute Gasteiger partial charge is 0.481 e. The molecule has 0 amide bonds. The van der Waals surface area contributed by atoms with Crippen LogP contribution in [0.4, 0.5) is 0 Å². The van der Waals surface area contributed by atoms with Gasteiger partial charge in [0.2, 0.25) is 0 Å². The summed E-state index contributed by atoms with van der Waals surface area (Å²) in [6.07, 6.45) is 1.14. The number of hydrogen-bond acceptors (Lipinski definition) is 3. The van der Waals surface area contributed by atoms with E-state index in [4.69, 9.17) is 5.11 Å². The Labute approximate surface area is 94.0 Å². The van der Waals surface area contributed by atoms with Crippen LogP contribution < -0.4 is 5.32 Å². The first-order chi connectivity index (χ1) is 7.75. The monoisotopic (exact) mass is 218 g/mol. The maximum absolute atomic E-state index is 10.5. The molecule has 1 aliphatic heterocycles. The van der Waals surface area contributed by atoms with Crippen molar-refractivity contribution in [1.29, 1.82) is 0 Å². The minimum absolute atomic E-state index is 0.0696. The highest BCUT2D eigenvalue weighted by molar-refractivity contribution is 5.99. The van der Waals surface area contributed by atoms with E-state index in [1.807, 2.05) is 24.3 Å². The minimum atomic E-state index is -0.805. The number of hydrogen-bond donors (Lipinski definition) is 2. The minimum Gasteiger partial charge on any atom is -0.481 e. The van der Waals surface area contributed by atoms with Gasteiger partial charge < -0.3 is 10.4 Å². The predicted octanol–water partition coefficient (Wildman–Crippen LogP) is 1.05. The fourth-order valence-corrected chi connectivity index (χ4v) is 1.68. The van der Waals surface area contributed by atoms with Gasteiger partial charge in [-0.1, -0.05) is 24.3 Å². The van der Waals surface area contributed by atoms with Gasteiger partial charge in [0, 0.05) is 18.7 Å². The number of carboxylic acids is 1. The number of carbonyl (C=O) groups is 1. The standard InChI is InChI=1S/C12H14N2O2/c15-11(16)8-9-2-4-10(5-3-9)12-13-6-1-7-14-12/h2-5H,1,6-8H2,(H,13,14)(H,15,16). The molecule has 2 N–H and O–H groups in total. The molecule has 4 nitrogen and oxygen atoms in total. The summed E-state index contributed by atoms with van der Waals surface area (Å²) in [6, 6.07) is 7.50. The molecule has 0 bridgehead atoms. The Bertz CT molecular complexity index is 410. The molecule has 0 aromatic heterocycles. The predicted molar refractivity (Wildman–Crippen MR) is 61.8 cm³/mol. The van der Waals surface area contributed by atoms with Gasteiger partial charge in [-0.15, -0.1) is 0 Å². The second-order valence-corrected chi connectivity index (χ2v) is 3.78. The zero-order valence-electron chi connectivity index (χ0n) is 8.94. The van der Waals surface area contributed by atoms with Crippen molar-refractivity contribution in [3.05, 3.63) is 35.4 Å². The molecule has 0 spiro atoms. The van der Waals surface area contributed by atoms with Crippen molar-refractivity contribution in [2.75, 3.05) is 13.1 Å². The molecule has 0 atom stereocenters. The molecule has 4 heteroatoms. The molecule has 0 saturated heterocycles. The first-order valence-electron chi connectivity index (χ1n) is 5.35. The molecule has 2 rings (SSSR count). The third-order valence-corrected chi connectivity index (χ3v) is 2.48. The van der Waals surface area contributed by atoms with Gasteiger partial charge >= 0.3 is 5.97 Å². The van der Waals surface area contributed by atoms with Crippen molar-refractivity contribution in [3.8, 4) is 0 Å². The summed E-state index contributed by atoms with van der Waals surface area (Å²) in [6.45, 7) is 1.81. The smallest absolute Gasteiger partial charge is 0.307 e. The Kier molecular flexibility index (Phi) is 3.19. The van der Waals surface area contributed by atoms with Crippen molar-refractivity contribution in [2.45, 2.75) is 12.8 Å². The van der Waals surface area contributed by atoms with Gasteiger partial charge in [0.05, 0.1) is 6.42 Å². The molecular weight excluding hydrogens is 204 g/mol. The SMILES string of the molecule is O=C(O)Cc1ccc(C2=NCCCN2)cc1. The third kappa shape index (κ3) is 2.59. The fraction of sp³-hybridized carbons (Fsp3) is 0.333. The fourth-order valence-electron chi connectivity index (χ4n) is 1.68. The normalized spacial score (nSPS) is 15.1. The topological polar surface area (TPSA) is 61.7 Å². The molecule has 1 aliphatic rings. The van der Waals surface area contributed by atoms with Crippen molar-refractivity contribution in [3.63, 3.8) is 0 Å². The molecule has 0 aliphatic carbocycles. The molecule has 0 unspecified atom stereocenters. The summed E-state index contributed by atoms with van der Waals surface area (Å²) in [5, 5.41) is 11.9. The van der Waals surface area contributed by atoms with Gasteiger partial charge in [0.1, 0.15) is 5.84 Å². The summed E-state index contributed by atoms with van der Waals surface area (Å²) in [5.74, 6) is 0.106. The summed E-state index contributed by atoms with van der Waals surface area (Å²) < 4.78 is 0. The molecule has 0 fully saturated rings. The number of carboxylic acid groups (broad SMARTS) is 1. The Morgan fingerprint density at radius 1 is 1.38 bits per heavy atom. The van der Waals surface area contributed by atoms with Gasteiger partial charge in [0.15, 0.2) is 0 Å². The van der Waals surface area contributed by atoms with E-state index in [2.05, 4.69) is 10.3 Å². The van der Waals surface area contributed by atoms with E-state index in [1.54, 1.807) is 0 Å². The van der Waals surface area contributed by atoms with E-state index in [0.717, 1.165) is 36.5 Å². The highest BCUT2D eigenvalue weighted by atomic mass is 16.4. The number of benzene rings is 1. The van der Waals surface area contributed by atoms with Crippen LogP contribution in [0.5, 0.6) is 0 Å². The van der Waals surface area contributed by atoms with E-state index in [1.165, 1.54) is 0 Å². The number of nitrogens with zero attached hydrogens (tertiary/aromatic N) is 1. The zero-order chi connectivity index (χ0) is 11.4. The van der Waals surface area contributed by atoms with E-state index >= 15 is 0 Å². The maximum Gasteiger partial charge on any atom is 0.307 e. The third-order valence-electron chi connectivity index (χ3n) is 2.48. The molecule has 1 aromatic carbocycles. The molecule has 84 valence electrons. The average Bonchev–Trinajstić information content (AvgIpc) is 2.30. The lowest BCUT2D eigenvalue weighted by Crippen LogP contribution is -2.30. The van der Waals surface area contributed by atoms with E-state index < -0.39 is 5.97 Å². The van der Waals surface area contributed by atoms with E-state index in [-0.39, 0.29) is 6.42 Å². The van der Waals surface area contributed by atoms with Crippen LogP contribution in [0, 0.1) is 0 Å². The highest BCUT2D eigenvalue weighted by Crippen LogP contribution is 2.07. The first-order valence-corrected chi connectivity index (χ1v) is 5.35. The summed E-state index contributed by atoms with van der Waals surface area (Å²) >= 11 is 0. The molecular formula is C12H14N2O2. The lowest BCUT2D eigenvalue weighted by Gasteiger charge is -2.14. The Balaban J connectivity index is 2.12. The van der Waals surface area contributed by atoms with Crippen LogP contribution in [0.1, 0.15) is 17.5 Å². The molecule has 16 heavy (non-hydrogen) atoms. The molecule has 0 radical (unpaired) electrons. The average molecular weight is 218 g/mol. The summed E-state index contributed by atoms with van der Waals surface area (Å²) in [5.41, 5.74) is 1.83. The van der Waals surface area contributed by atoms with Crippen LogP contribution >= 0.6 is 0 Å². The van der Waals surface area contributed by atoms with E-state index in [9.17, 15) is 4.79 Å². The number of aliphatic imine (C=N–C) groups is 1. The molecule has 1 heterocycles. The Morgan fingerprint density at radius 2 is 2.12 bits per heavy atom. The second kappa shape index (κ2) is 4.79. The van der Waals surface area contributed by atoms with Crippen molar-refractivity contribution in [1.82, 2.24) is 5.32 Å². The van der Waals surface area contributed by atoms with Crippen LogP contribution in [0.3, 0.4) is 0 Å². The number of nitrogens with one attached hydrogen (secondary N) is 1. The Hall–Kier alpha value is -1.84. The van der Waals surface area contributed by atoms with Gasteiger partial charge in [-0.05, 0) is 12.0 Å². The number of aliphatic carboxylic acids is 1. The van der Waals surface area contributed by atoms with Crippen molar-refractivity contribution >= 4 is 11.8 Å². The van der Waals surface area contributed by atoms with Crippen LogP contribution in [-0.4, -0.2) is 30.0 Å². The van der Waals surface area contributed by atoms with Crippen molar-refractivity contribution < 1.29 is 9.90 Å². The van der Waals surface area contributed by atoms with Gasteiger partial charge in [-0.2, -0.15) is 0 Å².